The predicted octanol–water partition coefficient (Wildman–Crippen LogP) is 1.33. The summed E-state index contributed by atoms with van der Waals surface area (Å²) in [6.07, 6.45) is 1.50. The van der Waals surface area contributed by atoms with Gasteiger partial charge in [0.05, 0.1) is 24.8 Å². The highest BCUT2D eigenvalue weighted by molar-refractivity contribution is 5.93. The predicted molar refractivity (Wildman–Crippen MR) is 95.5 cm³/mol. The fourth-order valence-corrected chi connectivity index (χ4v) is 3.08. The maximum Gasteiger partial charge on any atom is 0.252 e. The van der Waals surface area contributed by atoms with Crippen molar-refractivity contribution in [3.63, 3.8) is 0 Å². The minimum absolute atomic E-state index is 0.147. The average molecular weight is 359 g/mol. The first-order chi connectivity index (χ1) is 12.5. The highest BCUT2D eigenvalue weighted by Gasteiger charge is 2.23. The molecule has 6 nitrogen and oxygen atoms in total. The molecule has 0 spiro atoms. The Hall–Kier alpha value is -2.51. The van der Waals surface area contributed by atoms with Crippen LogP contribution in [-0.2, 0) is 11.8 Å². The summed E-state index contributed by atoms with van der Waals surface area (Å²) in [7, 11) is 1.60. The summed E-state index contributed by atoms with van der Waals surface area (Å²) in [4.78, 5) is 26.1. The van der Waals surface area contributed by atoms with Gasteiger partial charge in [0.15, 0.2) is 0 Å². The van der Waals surface area contributed by atoms with E-state index in [-0.39, 0.29) is 23.3 Å². The van der Waals surface area contributed by atoms with E-state index >= 15 is 0 Å². The third kappa shape index (κ3) is 4.36. The number of morpholine rings is 1. The van der Waals surface area contributed by atoms with E-state index in [9.17, 15) is 14.0 Å². The molecule has 1 saturated heterocycles. The molecule has 26 heavy (non-hydrogen) atoms. The first-order valence-corrected chi connectivity index (χ1v) is 8.57. The second-order valence-electron chi connectivity index (χ2n) is 6.30. The van der Waals surface area contributed by atoms with Crippen molar-refractivity contribution < 1.29 is 13.9 Å². The number of aryl methyl sites for hydroxylation is 1. The number of carbonyl (C=O) groups excluding carboxylic acids is 1. The summed E-state index contributed by atoms with van der Waals surface area (Å²) in [5, 5.41) is 2.90. The summed E-state index contributed by atoms with van der Waals surface area (Å²) in [6, 6.07) is 9.16. The summed E-state index contributed by atoms with van der Waals surface area (Å²) < 4.78 is 20.4. The van der Waals surface area contributed by atoms with Gasteiger partial charge in [-0.05, 0) is 23.8 Å². The van der Waals surface area contributed by atoms with Crippen LogP contribution in [0.3, 0.4) is 0 Å². The molecule has 1 aromatic heterocycles. The van der Waals surface area contributed by atoms with Crippen LogP contribution in [0.5, 0.6) is 0 Å². The molecule has 1 aliphatic heterocycles. The standard InChI is InChI=1S/C19H22FN3O3/c1-22-13-15(5-6-18(22)24)19(25)21-12-17(23-7-9-26-10-8-23)14-3-2-4-16(20)11-14/h2-6,11,13,17H,7-10,12H2,1H3,(H,21,25). The number of carbonyl (C=O) groups is 1. The summed E-state index contributed by atoms with van der Waals surface area (Å²) in [5.74, 6) is -0.569. The Morgan fingerprint density at radius 3 is 2.73 bits per heavy atom. The molecule has 0 aliphatic carbocycles. The number of halogens is 1. The molecule has 0 radical (unpaired) electrons. The van der Waals surface area contributed by atoms with Gasteiger partial charge in [-0.1, -0.05) is 12.1 Å². The van der Waals surface area contributed by atoms with Gasteiger partial charge in [0.1, 0.15) is 5.82 Å². The fraction of sp³-hybridized carbons (Fsp3) is 0.368. The normalized spacial score (nSPS) is 16.2. The minimum Gasteiger partial charge on any atom is -0.379 e. The lowest BCUT2D eigenvalue weighted by atomic mass is 10.0. The molecule has 3 rings (SSSR count). The van der Waals surface area contributed by atoms with Crippen molar-refractivity contribution in [1.82, 2.24) is 14.8 Å². The number of nitrogens with zero attached hydrogens (tertiary/aromatic N) is 2. The van der Waals surface area contributed by atoms with Crippen molar-refractivity contribution >= 4 is 5.91 Å². The van der Waals surface area contributed by atoms with Gasteiger partial charge in [-0.15, -0.1) is 0 Å². The van der Waals surface area contributed by atoms with E-state index in [0.29, 0.717) is 25.3 Å². The van der Waals surface area contributed by atoms with Crippen molar-refractivity contribution in [2.24, 2.45) is 7.05 Å². The van der Waals surface area contributed by atoms with E-state index in [2.05, 4.69) is 10.2 Å². The highest BCUT2D eigenvalue weighted by atomic mass is 19.1. The second kappa shape index (κ2) is 8.25. The van der Waals surface area contributed by atoms with Gasteiger partial charge < -0.3 is 14.6 Å². The second-order valence-corrected chi connectivity index (χ2v) is 6.30. The number of hydrogen-bond donors (Lipinski definition) is 1. The molecule has 138 valence electrons. The molecule has 0 saturated carbocycles. The van der Waals surface area contributed by atoms with Crippen LogP contribution >= 0.6 is 0 Å². The molecular formula is C19H22FN3O3. The zero-order valence-electron chi connectivity index (χ0n) is 14.7. The number of hydrogen-bond acceptors (Lipinski definition) is 4. The Morgan fingerprint density at radius 2 is 2.04 bits per heavy atom. The highest BCUT2D eigenvalue weighted by Crippen LogP contribution is 2.22. The van der Waals surface area contributed by atoms with Gasteiger partial charge in [-0.2, -0.15) is 0 Å². The van der Waals surface area contributed by atoms with Crippen molar-refractivity contribution in [2.45, 2.75) is 6.04 Å². The van der Waals surface area contributed by atoms with Gasteiger partial charge in [0.2, 0.25) is 5.56 Å². The van der Waals surface area contributed by atoms with Crippen molar-refractivity contribution in [1.29, 1.82) is 0 Å². The third-order valence-electron chi connectivity index (χ3n) is 4.52. The Balaban J connectivity index is 1.75. The molecule has 7 heteroatoms. The number of aromatic nitrogens is 1. The van der Waals surface area contributed by atoms with Crippen molar-refractivity contribution in [3.8, 4) is 0 Å². The Labute approximate surface area is 151 Å². The molecule has 2 heterocycles. The molecule has 1 unspecified atom stereocenters. The maximum absolute atomic E-state index is 13.7. The van der Waals surface area contributed by atoms with E-state index < -0.39 is 0 Å². The van der Waals surface area contributed by atoms with Gasteiger partial charge in [-0.25, -0.2) is 4.39 Å². The smallest absolute Gasteiger partial charge is 0.252 e. The minimum atomic E-state index is -0.301. The Morgan fingerprint density at radius 1 is 1.27 bits per heavy atom. The van der Waals surface area contributed by atoms with Crippen molar-refractivity contribution in [3.05, 3.63) is 69.9 Å². The molecule has 1 atom stereocenters. The van der Waals surface area contributed by atoms with E-state index in [4.69, 9.17) is 4.74 Å². The van der Waals surface area contributed by atoms with Crippen LogP contribution in [0, 0.1) is 5.82 Å². The van der Waals surface area contributed by atoms with Gasteiger partial charge in [0.25, 0.3) is 5.91 Å². The molecule has 2 aromatic rings. The van der Waals surface area contributed by atoms with E-state index in [1.165, 1.54) is 35.0 Å². The molecule has 1 aromatic carbocycles. The lowest BCUT2D eigenvalue weighted by molar-refractivity contribution is 0.0162. The number of ether oxygens (including phenoxy) is 1. The molecular weight excluding hydrogens is 337 g/mol. The number of amides is 1. The van der Waals surface area contributed by atoms with Crippen LogP contribution in [0.15, 0.2) is 47.4 Å². The van der Waals surface area contributed by atoms with E-state index in [1.54, 1.807) is 13.1 Å². The Bertz CT molecular complexity index is 831. The van der Waals surface area contributed by atoms with Crippen LogP contribution < -0.4 is 10.9 Å². The van der Waals surface area contributed by atoms with Crippen LogP contribution in [-0.4, -0.2) is 48.2 Å². The molecule has 1 amide bonds. The lowest BCUT2D eigenvalue weighted by Gasteiger charge is -2.35. The first kappa shape index (κ1) is 18.3. The zero-order chi connectivity index (χ0) is 18.5. The topological polar surface area (TPSA) is 63.6 Å². The molecule has 1 aliphatic rings. The summed E-state index contributed by atoms with van der Waals surface area (Å²) >= 11 is 0. The summed E-state index contributed by atoms with van der Waals surface area (Å²) in [6.45, 7) is 3.00. The summed E-state index contributed by atoms with van der Waals surface area (Å²) in [5.41, 5.74) is 1.05. The van der Waals surface area contributed by atoms with Gasteiger partial charge in [-0.3, -0.25) is 14.5 Å². The largest absolute Gasteiger partial charge is 0.379 e. The Kier molecular flexibility index (Phi) is 5.80. The number of rotatable bonds is 5. The van der Waals surface area contributed by atoms with E-state index in [1.807, 2.05) is 6.07 Å². The molecule has 0 bridgehead atoms. The quantitative estimate of drug-likeness (QED) is 0.875. The van der Waals surface area contributed by atoms with Gasteiger partial charge >= 0.3 is 0 Å². The average Bonchev–Trinajstić information content (AvgIpc) is 2.65. The van der Waals surface area contributed by atoms with Crippen LogP contribution in [0.25, 0.3) is 0 Å². The van der Waals surface area contributed by atoms with Crippen molar-refractivity contribution in [2.75, 3.05) is 32.8 Å². The number of nitrogens with one attached hydrogen (secondary N) is 1. The van der Waals surface area contributed by atoms with Crippen LogP contribution in [0.1, 0.15) is 22.0 Å². The number of pyridine rings is 1. The maximum atomic E-state index is 13.7. The zero-order valence-corrected chi connectivity index (χ0v) is 14.7. The van der Waals surface area contributed by atoms with Crippen LogP contribution in [0.2, 0.25) is 0 Å². The first-order valence-electron chi connectivity index (χ1n) is 8.57. The van der Waals surface area contributed by atoms with Crippen LogP contribution in [0.4, 0.5) is 4.39 Å². The lowest BCUT2D eigenvalue weighted by Crippen LogP contribution is -2.44. The van der Waals surface area contributed by atoms with Gasteiger partial charge in [0, 0.05) is 38.9 Å². The number of benzene rings is 1. The fourth-order valence-electron chi connectivity index (χ4n) is 3.08. The van der Waals surface area contributed by atoms with E-state index in [0.717, 1.165) is 18.7 Å². The third-order valence-corrected chi connectivity index (χ3v) is 4.52. The monoisotopic (exact) mass is 359 g/mol. The SMILES string of the molecule is Cn1cc(C(=O)NCC(c2cccc(F)c2)N2CCOCC2)ccc1=O. The molecule has 1 fully saturated rings. The molecule has 1 N–H and O–H groups in total.